The number of benzene rings is 1. The van der Waals surface area contributed by atoms with Crippen molar-refractivity contribution >= 4 is 0 Å². The maximum atomic E-state index is 2.23. The van der Waals surface area contributed by atoms with Gasteiger partial charge in [-0.25, -0.2) is 0 Å². The predicted octanol–water partition coefficient (Wildman–Crippen LogP) is 1.39. The van der Waals surface area contributed by atoms with Crippen LogP contribution in [0.15, 0.2) is 36.4 Å². The van der Waals surface area contributed by atoms with Gasteiger partial charge in [-0.15, -0.1) is 0 Å². The fourth-order valence-corrected chi connectivity index (χ4v) is 0.885. The van der Waals surface area contributed by atoms with Gasteiger partial charge < -0.3 is 1.43 Å². The summed E-state index contributed by atoms with van der Waals surface area (Å²) in [6.45, 7) is 4.46. The largest absolute Gasteiger partial charge is 1.00 e. The van der Waals surface area contributed by atoms with Crippen LogP contribution in [0, 0.1) is 0 Å². The summed E-state index contributed by atoms with van der Waals surface area (Å²) in [6.07, 6.45) is 5.54. The zero-order valence-corrected chi connectivity index (χ0v) is 9.29. The van der Waals surface area contributed by atoms with Crippen molar-refractivity contribution in [1.29, 1.82) is 0 Å². The van der Waals surface area contributed by atoms with E-state index in [1.165, 1.54) is 25.7 Å². The zero-order chi connectivity index (χ0) is 9.07. The third kappa shape index (κ3) is 14.6. The van der Waals surface area contributed by atoms with Crippen LogP contribution in [-0.4, -0.2) is 0 Å². The first-order valence-corrected chi connectivity index (χ1v) is 4.91. The van der Waals surface area contributed by atoms with E-state index < -0.39 is 0 Å². The van der Waals surface area contributed by atoms with E-state index in [9.17, 15) is 0 Å². The smallest absolute Gasteiger partial charge is 1.00 e. The van der Waals surface area contributed by atoms with Crippen LogP contribution in [0.2, 0.25) is 0 Å². The Morgan fingerprint density at radius 2 is 0.923 bits per heavy atom. The van der Waals surface area contributed by atoms with Gasteiger partial charge in [0.05, 0.1) is 0 Å². The Morgan fingerprint density at radius 1 is 0.692 bits per heavy atom. The molecule has 1 aromatic carbocycles. The van der Waals surface area contributed by atoms with Gasteiger partial charge in [0, 0.05) is 0 Å². The van der Waals surface area contributed by atoms with Gasteiger partial charge in [0.25, 0.3) is 0 Å². The monoisotopic (exact) mass is 172 g/mol. The van der Waals surface area contributed by atoms with Crippen molar-refractivity contribution in [3.63, 3.8) is 0 Å². The molecule has 0 bridgehead atoms. The Labute approximate surface area is 96.4 Å². The molecule has 0 radical (unpaired) electrons. The summed E-state index contributed by atoms with van der Waals surface area (Å²) >= 11 is 0. The molecule has 1 aromatic rings. The van der Waals surface area contributed by atoms with Crippen LogP contribution in [0.3, 0.4) is 0 Å². The van der Waals surface area contributed by atoms with Gasteiger partial charge >= 0.3 is 18.9 Å². The molecule has 0 heterocycles. The Balaban J connectivity index is -0.000000151. The zero-order valence-electron chi connectivity index (χ0n) is 10.3. The summed E-state index contributed by atoms with van der Waals surface area (Å²) in [4.78, 5) is 0. The molecule has 0 N–H and O–H groups in total. The fourth-order valence-electron chi connectivity index (χ4n) is 0.885. The molecule has 70 valence electrons. The summed E-state index contributed by atoms with van der Waals surface area (Å²) < 4.78 is 0. The molecule has 0 unspecified atom stereocenters. The summed E-state index contributed by atoms with van der Waals surface area (Å²) in [6, 6.07) is 12.0. The van der Waals surface area contributed by atoms with Crippen molar-refractivity contribution in [1.82, 2.24) is 0 Å². The third-order valence-corrected chi connectivity index (χ3v) is 1.62. The molecule has 1 rings (SSSR count). The number of unbranched alkanes of at least 4 members (excludes halogenated alkanes) is 3. The summed E-state index contributed by atoms with van der Waals surface area (Å²) in [7, 11) is 0. The van der Waals surface area contributed by atoms with E-state index in [0.717, 1.165) is 0 Å². The van der Waals surface area contributed by atoms with Crippen molar-refractivity contribution in [2.45, 2.75) is 39.5 Å². The minimum atomic E-state index is 0. The van der Waals surface area contributed by atoms with Crippen molar-refractivity contribution in [3.8, 4) is 0 Å². The van der Waals surface area contributed by atoms with Gasteiger partial charge in [0.1, 0.15) is 0 Å². The summed E-state index contributed by atoms with van der Waals surface area (Å²) in [5.41, 5.74) is 0. The topological polar surface area (TPSA) is 0 Å². The first kappa shape index (κ1) is 15.3. The van der Waals surface area contributed by atoms with Crippen molar-refractivity contribution < 1.29 is 20.3 Å². The quantitative estimate of drug-likeness (QED) is 0.477. The van der Waals surface area contributed by atoms with E-state index in [-0.39, 0.29) is 20.3 Å². The Kier molecular flexibility index (Phi) is 16.9. The molecule has 1 heteroatoms. The average Bonchev–Trinajstić information content (AvgIpc) is 2.18. The molecule has 0 amide bonds. The van der Waals surface area contributed by atoms with Crippen LogP contribution in [0.25, 0.3) is 0 Å². The summed E-state index contributed by atoms with van der Waals surface area (Å²) in [5.74, 6) is 0. The first-order valence-electron chi connectivity index (χ1n) is 4.91. The van der Waals surface area contributed by atoms with E-state index in [0.29, 0.717) is 0 Å². The minimum absolute atomic E-state index is 0. The molecule has 0 spiro atoms. The molecule has 0 aliphatic rings. The molecular formula is C12H21Li. The predicted molar refractivity (Wildman–Crippen MR) is 57.4 cm³/mol. The third-order valence-electron chi connectivity index (χ3n) is 1.62. The van der Waals surface area contributed by atoms with Crippen LogP contribution >= 0.6 is 0 Å². The Hall–Kier alpha value is -0.183. The van der Waals surface area contributed by atoms with Crippen LogP contribution in [0.5, 0.6) is 0 Å². The molecule has 13 heavy (non-hydrogen) atoms. The summed E-state index contributed by atoms with van der Waals surface area (Å²) in [5, 5.41) is 0. The van der Waals surface area contributed by atoms with Gasteiger partial charge in [0.2, 0.25) is 0 Å². The second kappa shape index (κ2) is 14.3. The maximum absolute atomic E-state index is 2.23. The maximum Gasteiger partial charge on any atom is 1.00 e. The number of hydrogen-bond donors (Lipinski definition) is 0. The van der Waals surface area contributed by atoms with Crippen molar-refractivity contribution in [2.24, 2.45) is 0 Å². The molecule has 0 fully saturated rings. The molecule has 0 aromatic heterocycles. The van der Waals surface area contributed by atoms with E-state index in [4.69, 9.17) is 0 Å². The minimum Gasteiger partial charge on any atom is -1.00 e. The van der Waals surface area contributed by atoms with E-state index in [1.807, 2.05) is 36.4 Å². The van der Waals surface area contributed by atoms with Crippen LogP contribution in [0.1, 0.15) is 41.0 Å². The molecular weight excluding hydrogens is 151 g/mol. The van der Waals surface area contributed by atoms with Gasteiger partial charge in [0.15, 0.2) is 0 Å². The van der Waals surface area contributed by atoms with Crippen molar-refractivity contribution in [3.05, 3.63) is 36.4 Å². The second-order valence-corrected chi connectivity index (χ2v) is 2.86. The van der Waals surface area contributed by atoms with E-state index >= 15 is 0 Å². The molecule has 0 saturated carbocycles. The molecule has 0 aliphatic heterocycles. The van der Waals surface area contributed by atoms with E-state index in [2.05, 4.69) is 13.8 Å². The fraction of sp³-hybridized carbons (Fsp3) is 0.500. The van der Waals surface area contributed by atoms with Gasteiger partial charge in [-0.05, 0) is 0 Å². The Bertz CT molecular complexity index is 123. The SMILES string of the molecule is CCCCCC.[H-].[Li+].c1ccccc1. The van der Waals surface area contributed by atoms with Crippen LogP contribution in [-0.2, 0) is 0 Å². The van der Waals surface area contributed by atoms with E-state index in [1.54, 1.807) is 0 Å². The molecule has 0 atom stereocenters. The second-order valence-electron chi connectivity index (χ2n) is 2.86. The van der Waals surface area contributed by atoms with Crippen molar-refractivity contribution in [2.75, 3.05) is 0 Å². The van der Waals surface area contributed by atoms with Gasteiger partial charge in [-0.1, -0.05) is 75.9 Å². The number of rotatable bonds is 3. The molecule has 0 nitrogen and oxygen atoms in total. The first-order chi connectivity index (χ1) is 5.91. The molecule has 0 aliphatic carbocycles. The Morgan fingerprint density at radius 3 is 1.08 bits per heavy atom. The van der Waals surface area contributed by atoms with Crippen LogP contribution in [0.4, 0.5) is 0 Å². The van der Waals surface area contributed by atoms with Gasteiger partial charge in [-0.3, -0.25) is 0 Å². The standard InChI is InChI=1S/C6H6.C6H14.Li.H/c1-2-4-6-5-3-1;1-3-5-6-4-2;;/h1-6H;3-6H2,1-2H3;;/q;;+1;-1. The van der Waals surface area contributed by atoms with Crippen LogP contribution < -0.4 is 18.9 Å². The number of hydrogen-bond acceptors (Lipinski definition) is 0. The van der Waals surface area contributed by atoms with Gasteiger partial charge in [-0.2, -0.15) is 0 Å². The molecule has 0 saturated heterocycles. The normalized spacial score (nSPS) is 7.85. The average molecular weight is 172 g/mol.